The van der Waals surface area contributed by atoms with Crippen molar-refractivity contribution in [3.05, 3.63) is 41.7 Å². The Hall–Kier alpha value is -2.87. The molecule has 0 saturated carbocycles. The van der Waals surface area contributed by atoms with Crippen molar-refractivity contribution in [2.45, 2.75) is 6.92 Å². The summed E-state index contributed by atoms with van der Waals surface area (Å²) in [7, 11) is 3.06. The molecule has 2 amide bonds. The van der Waals surface area contributed by atoms with Crippen LogP contribution in [0.3, 0.4) is 0 Å². The lowest BCUT2D eigenvalue weighted by atomic mass is 10.2. The van der Waals surface area contributed by atoms with E-state index in [9.17, 15) is 9.59 Å². The van der Waals surface area contributed by atoms with Crippen molar-refractivity contribution in [2.24, 2.45) is 0 Å². The summed E-state index contributed by atoms with van der Waals surface area (Å²) in [6, 6.07) is 8.36. The molecule has 0 unspecified atom stereocenters. The standard InChI is InChI=1S/C17H21N3O5/c1-12-9-15(19-25-12)18-16(21)11-20(7-8-23-2)17(22)13-5-4-6-14(10-13)24-3/h4-6,9-10H,7-8,11H2,1-3H3,(H,18,19,21). The molecule has 0 aliphatic rings. The predicted molar refractivity (Wildman–Crippen MR) is 90.6 cm³/mol. The highest BCUT2D eigenvalue weighted by Crippen LogP contribution is 2.15. The first-order valence-corrected chi connectivity index (χ1v) is 7.69. The first kappa shape index (κ1) is 18.5. The highest BCUT2D eigenvalue weighted by molar-refractivity contribution is 5.99. The summed E-state index contributed by atoms with van der Waals surface area (Å²) >= 11 is 0. The number of aryl methyl sites for hydroxylation is 1. The van der Waals surface area contributed by atoms with Crippen molar-refractivity contribution in [1.82, 2.24) is 10.1 Å². The molecule has 0 saturated heterocycles. The number of benzene rings is 1. The third kappa shape index (κ3) is 5.32. The average molecular weight is 347 g/mol. The summed E-state index contributed by atoms with van der Waals surface area (Å²) in [4.78, 5) is 26.3. The van der Waals surface area contributed by atoms with Gasteiger partial charge in [-0.15, -0.1) is 0 Å². The molecule has 2 rings (SSSR count). The van der Waals surface area contributed by atoms with Gasteiger partial charge in [0.1, 0.15) is 18.1 Å². The fourth-order valence-electron chi connectivity index (χ4n) is 2.17. The highest BCUT2D eigenvalue weighted by atomic mass is 16.5. The van der Waals surface area contributed by atoms with E-state index in [1.54, 1.807) is 37.3 Å². The van der Waals surface area contributed by atoms with Gasteiger partial charge in [-0.1, -0.05) is 11.2 Å². The number of amides is 2. The van der Waals surface area contributed by atoms with Crippen molar-refractivity contribution in [2.75, 3.05) is 39.2 Å². The molecule has 1 aromatic heterocycles. The Balaban J connectivity index is 2.08. The van der Waals surface area contributed by atoms with E-state index < -0.39 is 0 Å². The Morgan fingerprint density at radius 1 is 1.28 bits per heavy atom. The Kier molecular flexibility index (Phi) is 6.53. The van der Waals surface area contributed by atoms with Crippen LogP contribution in [0.1, 0.15) is 16.1 Å². The van der Waals surface area contributed by atoms with Crippen LogP contribution in [0.15, 0.2) is 34.9 Å². The number of hydrogen-bond donors (Lipinski definition) is 1. The largest absolute Gasteiger partial charge is 0.497 e. The van der Waals surface area contributed by atoms with Crippen LogP contribution in [0, 0.1) is 6.92 Å². The second-order valence-corrected chi connectivity index (χ2v) is 5.32. The molecular weight excluding hydrogens is 326 g/mol. The number of rotatable bonds is 8. The van der Waals surface area contributed by atoms with E-state index in [0.717, 1.165) is 0 Å². The fourth-order valence-corrected chi connectivity index (χ4v) is 2.17. The van der Waals surface area contributed by atoms with Gasteiger partial charge in [-0.25, -0.2) is 0 Å². The Labute approximate surface area is 145 Å². The lowest BCUT2D eigenvalue weighted by molar-refractivity contribution is -0.117. The number of carbonyl (C=O) groups excluding carboxylic acids is 2. The maximum Gasteiger partial charge on any atom is 0.254 e. The summed E-state index contributed by atoms with van der Waals surface area (Å²) in [6.07, 6.45) is 0. The second kappa shape index (κ2) is 8.84. The molecule has 0 bridgehead atoms. The van der Waals surface area contributed by atoms with Gasteiger partial charge in [-0.3, -0.25) is 9.59 Å². The molecule has 0 aliphatic carbocycles. The molecule has 2 aromatic rings. The van der Waals surface area contributed by atoms with Crippen LogP contribution < -0.4 is 10.1 Å². The van der Waals surface area contributed by atoms with E-state index in [1.165, 1.54) is 19.1 Å². The van der Waals surface area contributed by atoms with Gasteiger partial charge < -0.3 is 24.2 Å². The van der Waals surface area contributed by atoms with Crippen LogP contribution in [-0.4, -0.2) is 55.8 Å². The van der Waals surface area contributed by atoms with Gasteiger partial charge in [0.05, 0.1) is 13.7 Å². The lowest BCUT2D eigenvalue weighted by Crippen LogP contribution is -2.40. The normalized spacial score (nSPS) is 10.4. The van der Waals surface area contributed by atoms with E-state index in [1.807, 2.05) is 0 Å². The van der Waals surface area contributed by atoms with Crippen LogP contribution in [0.5, 0.6) is 5.75 Å². The maximum absolute atomic E-state index is 12.7. The molecule has 0 fully saturated rings. The molecule has 25 heavy (non-hydrogen) atoms. The van der Waals surface area contributed by atoms with E-state index in [0.29, 0.717) is 29.5 Å². The predicted octanol–water partition coefficient (Wildman–Crippen LogP) is 1.72. The Bertz CT molecular complexity index is 729. The Morgan fingerprint density at radius 2 is 2.08 bits per heavy atom. The lowest BCUT2D eigenvalue weighted by Gasteiger charge is -2.22. The number of ether oxygens (including phenoxy) is 2. The van der Waals surface area contributed by atoms with Crippen LogP contribution in [0.4, 0.5) is 5.82 Å². The van der Waals surface area contributed by atoms with E-state index in [-0.39, 0.29) is 24.9 Å². The SMILES string of the molecule is COCCN(CC(=O)Nc1cc(C)on1)C(=O)c1cccc(OC)c1. The molecule has 1 N–H and O–H groups in total. The number of aromatic nitrogens is 1. The van der Waals surface area contributed by atoms with Crippen molar-refractivity contribution in [1.29, 1.82) is 0 Å². The molecule has 8 nitrogen and oxygen atoms in total. The minimum Gasteiger partial charge on any atom is -0.497 e. The zero-order chi connectivity index (χ0) is 18.2. The summed E-state index contributed by atoms with van der Waals surface area (Å²) in [5.41, 5.74) is 0.431. The van der Waals surface area contributed by atoms with Crippen molar-refractivity contribution >= 4 is 17.6 Å². The fraction of sp³-hybridized carbons (Fsp3) is 0.353. The number of anilines is 1. The number of methoxy groups -OCH3 is 2. The van der Waals surface area contributed by atoms with Gasteiger partial charge in [0.15, 0.2) is 5.82 Å². The highest BCUT2D eigenvalue weighted by Gasteiger charge is 2.20. The third-order valence-corrected chi connectivity index (χ3v) is 3.40. The molecular formula is C17H21N3O5. The van der Waals surface area contributed by atoms with Gasteiger partial charge >= 0.3 is 0 Å². The van der Waals surface area contributed by atoms with E-state index in [4.69, 9.17) is 14.0 Å². The number of hydrogen-bond acceptors (Lipinski definition) is 6. The topological polar surface area (TPSA) is 93.9 Å². The molecule has 0 atom stereocenters. The van der Waals surface area contributed by atoms with Crippen LogP contribution >= 0.6 is 0 Å². The minimum absolute atomic E-state index is 0.134. The average Bonchev–Trinajstić information content (AvgIpc) is 3.02. The van der Waals surface area contributed by atoms with Gasteiger partial charge in [0.2, 0.25) is 5.91 Å². The summed E-state index contributed by atoms with van der Waals surface area (Å²) in [6.45, 7) is 2.18. The first-order valence-electron chi connectivity index (χ1n) is 7.69. The van der Waals surface area contributed by atoms with Crippen LogP contribution in [0.2, 0.25) is 0 Å². The molecule has 134 valence electrons. The summed E-state index contributed by atoms with van der Waals surface area (Å²) in [5.74, 6) is 0.796. The van der Waals surface area contributed by atoms with E-state index >= 15 is 0 Å². The zero-order valence-corrected chi connectivity index (χ0v) is 14.4. The van der Waals surface area contributed by atoms with Gasteiger partial charge in [-0.2, -0.15) is 0 Å². The smallest absolute Gasteiger partial charge is 0.254 e. The maximum atomic E-state index is 12.7. The van der Waals surface area contributed by atoms with Crippen LogP contribution in [0.25, 0.3) is 0 Å². The van der Waals surface area contributed by atoms with Crippen molar-refractivity contribution in [3.63, 3.8) is 0 Å². The van der Waals surface area contributed by atoms with E-state index in [2.05, 4.69) is 10.5 Å². The summed E-state index contributed by atoms with van der Waals surface area (Å²) < 4.78 is 15.1. The monoisotopic (exact) mass is 347 g/mol. The van der Waals surface area contributed by atoms with Crippen molar-refractivity contribution < 1.29 is 23.6 Å². The number of nitrogens with one attached hydrogen (secondary N) is 1. The summed E-state index contributed by atoms with van der Waals surface area (Å²) in [5, 5.41) is 6.29. The third-order valence-electron chi connectivity index (χ3n) is 3.40. The van der Waals surface area contributed by atoms with Gasteiger partial charge in [0, 0.05) is 25.3 Å². The van der Waals surface area contributed by atoms with Crippen LogP contribution in [-0.2, 0) is 9.53 Å². The number of nitrogens with zero attached hydrogens (tertiary/aromatic N) is 2. The van der Waals surface area contributed by atoms with Gasteiger partial charge in [-0.05, 0) is 25.1 Å². The molecule has 1 heterocycles. The second-order valence-electron chi connectivity index (χ2n) is 5.32. The Morgan fingerprint density at radius 3 is 2.72 bits per heavy atom. The zero-order valence-electron chi connectivity index (χ0n) is 14.4. The quantitative estimate of drug-likeness (QED) is 0.781. The minimum atomic E-state index is -0.374. The van der Waals surface area contributed by atoms with Gasteiger partial charge in [0.25, 0.3) is 5.91 Å². The number of carbonyl (C=O) groups is 2. The molecule has 0 radical (unpaired) electrons. The molecule has 8 heteroatoms. The molecule has 0 aliphatic heterocycles. The van der Waals surface area contributed by atoms with Crippen molar-refractivity contribution in [3.8, 4) is 5.75 Å². The first-order chi connectivity index (χ1) is 12.0. The molecule has 0 spiro atoms. The molecule has 1 aromatic carbocycles.